The molecule has 0 aliphatic carbocycles. The van der Waals surface area contributed by atoms with Crippen LogP contribution < -0.4 is 10.6 Å². The number of amides is 2. The lowest BCUT2D eigenvalue weighted by Crippen LogP contribution is -2.27. The minimum absolute atomic E-state index is 0.138. The largest absolute Gasteiger partial charge is 0.345 e. The van der Waals surface area contributed by atoms with Gasteiger partial charge in [-0.05, 0) is 48.9 Å². The van der Waals surface area contributed by atoms with Crippen molar-refractivity contribution in [3.05, 3.63) is 89.7 Å². The van der Waals surface area contributed by atoms with Gasteiger partial charge in [-0.3, -0.25) is 14.6 Å². The lowest BCUT2D eigenvalue weighted by molar-refractivity contribution is -0.113. The summed E-state index contributed by atoms with van der Waals surface area (Å²) in [4.78, 5) is 29.9. The number of hydrogen-bond donors (Lipinski definition) is 2. The molecule has 7 heteroatoms. The van der Waals surface area contributed by atoms with Gasteiger partial charge in [-0.1, -0.05) is 24.3 Å². The van der Waals surface area contributed by atoms with E-state index in [-0.39, 0.29) is 23.6 Å². The Labute approximate surface area is 179 Å². The molecule has 2 N–H and O–H groups in total. The Morgan fingerprint density at radius 2 is 1.97 bits per heavy atom. The van der Waals surface area contributed by atoms with E-state index in [2.05, 4.69) is 15.6 Å². The van der Waals surface area contributed by atoms with Crippen molar-refractivity contribution < 1.29 is 9.59 Å². The van der Waals surface area contributed by atoms with Crippen molar-refractivity contribution in [2.75, 3.05) is 11.1 Å². The van der Waals surface area contributed by atoms with E-state index in [9.17, 15) is 9.59 Å². The summed E-state index contributed by atoms with van der Waals surface area (Å²) in [6.07, 6.45) is 3.41. The first-order chi connectivity index (χ1) is 14.6. The average molecular weight is 417 g/mol. The van der Waals surface area contributed by atoms with Gasteiger partial charge < -0.3 is 10.6 Å². The maximum atomic E-state index is 12.8. The van der Waals surface area contributed by atoms with E-state index in [1.165, 1.54) is 11.8 Å². The number of rotatable bonds is 7. The molecule has 1 aromatic heterocycles. The third-order valence-corrected chi connectivity index (χ3v) is 5.37. The Balaban J connectivity index is 1.62. The summed E-state index contributed by atoms with van der Waals surface area (Å²) in [6, 6.07) is 19.5. The van der Waals surface area contributed by atoms with Gasteiger partial charge in [0.1, 0.15) is 0 Å². The zero-order valence-electron chi connectivity index (χ0n) is 16.3. The van der Waals surface area contributed by atoms with Gasteiger partial charge in [0.15, 0.2) is 0 Å². The van der Waals surface area contributed by atoms with Crippen LogP contribution in [0.2, 0.25) is 0 Å². The highest BCUT2D eigenvalue weighted by molar-refractivity contribution is 8.00. The minimum Gasteiger partial charge on any atom is -0.345 e. The lowest BCUT2D eigenvalue weighted by Gasteiger charge is -2.15. The number of pyridine rings is 1. The fraction of sp³-hybridized carbons (Fsp3) is 0.130. The molecule has 0 saturated heterocycles. The summed E-state index contributed by atoms with van der Waals surface area (Å²) in [5.74, 6) is -0.287. The Bertz CT molecular complexity index is 1080. The van der Waals surface area contributed by atoms with Gasteiger partial charge in [-0.15, -0.1) is 11.8 Å². The highest BCUT2D eigenvalue weighted by atomic mass is 32.2. The monoisotopic (exact) mass is 416 g/mol. The normalized spacial score (nSPS) is 11.2. The number of nitrogens with one attached hydrogen (secondary N) is 2. The van der Waals surface area contributed by atoms with Gasteiger partial charge in [0, 0.05) is 23.0 Å². The highest BCUT2D eigenvalue weighted by Gasteiger charge is 2.16. The number of thioether (sulfide) groups is 1. The second-order valence-corrected chi connectivity index (χ2v) is 7.52. The number of carbonyl (C=O) groups excluding carboxylic acids is 2. The van der Waals surface area contributed by atoms with Crippen LogP contribution in [0.5, 0.6) is 0 Å². The van der Waals surface area contributed by atoms with Gasteiger partial charge in [-0.2, -0.15) is 5.26 Å². The third kappa shape index (κ3) is 5.69. The molecule has 30 heavy (non-hydrogen) atoms. The molecule has 0 aliphatic rings. The van der Waals surface area contributed by atoms with Crippen LogP contribution in [-0.4, -0.2) is 22.6 Å². The van der Waals surface area contributed by atoms with Crippen molar-refractivity contribution in [3.63, 3.8) is 0 Å². The van der Waals surface area contributed by atoms with Gasteiger partial charge in [0.25, 0.3) is 5.91 Å². The van der Waals surface area contributed by atoms with Crippen LogP contribution in [0.3, 0.4) is 0 Å². The molecule has 0 saturated carbocycles. The van der Waals surface area contributed by atoms with Gasteiger partial charge in [0.2, 0.25) is 5.91 Å². The summed E-state index contributed by atoms with van der Waals surface area (Å²) < 4.78 is 0. The predicted octanol–water partition coefficient (Wildman–Crippen LogP) is 4.18. The number of anilines is 1. The van der Waals surface area contributed by atoms with Gasteiger partial charge >= 0.3 is 0 Å². The second-order valence-electron chi connectivity index (χ2n) is 6.51. The maximum Gasteiger partial charge on any atom is 0.252 e. The maximum absolute atomic E-state index is 12.8. The van der Waals surface area contributed by atoms with Crippen LogP contribution in [0, 0.1) is 11.3 Å². The van der Waals surface area contributed by atoms with Crippen LogP contribution in [0.1, 0.15) is 34.5 Å². The minimum atomic E-state index is -0.214. The molecule has 0 spiro atoms. The number of aromatic nitrogens is 1. The molecule has 0 radical (unpaired) electrons. The highest BCUT2D eigenvalue weighted by Crippen LogP contribution is 2.24. The third-order valence-electron chi connectivity index (χ3n) is 4.30. The summed E-state index contributed by atoms with van der Waals surface area (Å²) in [5.41, 5.74) is 2.47. The van der Waals surface area contributed by atoms with Crippen molar-refractivity contribution in [3.8, 4) is 6.07 Å². The second kappa shape index (κ2) is 10.2. The first-order valence-corrected chi connectivity index (χ1v) is 10.3. The van der Waals surface area contributed by atoms with Gasteiger partial charge in [0.05, 0.1) is 29.0 Å². The van der Waals surface area contributed by atoms with E-state index in [1.54, 1.807) is 48.8 Å². The Kier molecular flexibility index (Phi) is 7.19. The Morgan fingerprint density at radius 1 is 1.13 bits per heavy atom. The first kappa shape index (κ1) is 21.1. The molecular formula is C23H20N4O2S. The van der Waals surface area contributed by atoms with Crippen molar-refractivity contribution in [2.45, 2.75) is 17.9 Å². The van der Waals surface area contributed by atoms with Crippen LogP contribution in [-0.2, 0) is 4.79 Å². The van der Waals surface area contributed by atoms with E-state index in [0.717, 1.165) is 5.56 Å². The molecule has 0 aliphatic heterocycles. The number of nitriles is 1. The molecule has 6 nitrogen and oxygen atoms in total. The molecule has 0 fully saturated rings. The van der Waals surface area contributed by atoms with E-state index in [0.29, 0.717) is 21.7 Å². The molecule has 1 atom stereocenters. The predicted molar refractivity (Wildman–Crippen MR) is 117 cm³/mol. The summed E-state index contributed by atoms with van der Waals surface area (Å²) in [5, 5.41) is 14.7. The number of benzene rings is 2. The molecule has 2 amide bonds. The summed E-state index contributed by atoms with van der Waals surface area (Å²) in [7, 11) is 0. The molecule has 3 aromatic rings. The van der Waals surface area contributed by atoms with Crippen molar-refractivity contribution in [1.29, 1.82) is 5.26 Å². The first-order valence-electron chi connectivity index (χ1n) is 9.29. The fourth-order valence-electron chi connectivity index (χ4n) is 2.78. The number of hydrogen-bond acceptors (Lipinski definition) is 5. The number of nitrogens with zero attached hydrogens (tertiary/aromatic N) is 2. The zero-order valence-corrected chi connectivity index (χ0v) is 17.1. The molecule has 1 heterocycles. The lowest BCUT2D eigenvalue weighted by atomic mass is 10.1. The molecule has 2 aromatic carbocycles. The summed E-state index contributed by atoms with van der Waals surface area (Å²) in [6.45, 7) is 1.90. The molecule has 3 rings (SSSR count). The Hall–Kier alpha value is -3.63. The van der Waals surface area contributed by atoms with Crippen molar-refractivity contribution in [2.24, 2.45) is 0 Å². The number of carbonyl (C=O) groups is 2. The SMILES string of the molecule is C[C@@H](NC(=O)c1ccccc1SCC(=O)Nc1cccc(C#N)c1)c1cccnc1. The van der Waals surface area contributed by atoms with E-state index < -0.39 is 0 Å². The van der Waals surface area contributed by atoms with Gasteiger partial charge in [-0.25, -0.2) is 0 Å². The van der Waals surface area contributed by atoms with Crippen LogP contribution >= 0.6 is 11.8 Å². The standard InChI is InChI=1S/C23H20N4O2S/c1-16(18-7-5-11-25-14-18)26-23(29)20-9-2-3-10-21(20)30-15-22(28)27-19-8-4-6-17(12-19)13-24/h2-12,14,16H,15H2,1H3,(H,26,29)(H,27,28)/t16-/m1/s1. The average Bonchev–Trinajstić information content (AvgIpc) is 2.78. The van der Waals surface area contributed by atoms with Crippen LogP contribution in [0.25, 0.3) is 0 Å². The van der Waals surface area contributed by atoms with E-state index >= 15 is 0 Å². The molecule has 0 bridgehead atoms. The van der Waals surface area contributed by atoms with Crippen LogP contribution in [0.15, 0.2) is 78.0 Å². The zero-order chi connectivity index (χ0) is 21.3. The quantitative estimate of drug-likeness (QED) is 0.564. The molecular weight excluding hydrogens is 396 g/mol. The molecule has 0 unspecified atom stereocenters. The summed E-state index contributed by atoms with van der Waals surface area (Å²) >= 11 is 1.29. The Morgan fingerprint density at radius 3 is 2.73 bits per heavy atom. The fourth-order valence-corrected chi connectivity index (χ4v) is 3.63. The van der Waals surface area contributed by atoms with E-state index in [4.69, 9.17) is 5.26 Å². The van der Waals surface area contributed by atoms with E-state index in [1.807, 2.05) is 37.3 Å². The topological polar surface area (TPSA) is 94.9 Å². The smallest absolute Gasteiger partial charge is 0.252 e. The molecule has 150 valence electrons. The van der Waals surface area contributed by atoms with Crippen LogP contribution in [0.4, 0.5) is 5.69 Å². The van der Waals surface area contributed by atoms with Crippen molar-refractivity contribution >= 4 is 29.3 Å². The van der Waals surface area contributed by atoms with Crippen molar-refractivity contribution in [1.82, 2.24) is 10.3 Å².